The first-order valence-electron chi connectivity index (χ1n) is 10.4. The van der Waals surface area contributed by atoms with Crippen molar-refractivity contribution in [3.05, 3.63) is 51.2 Å². The SMILES string of the molecule is O=c1cc2c(nn1CCN1CCCCC1CNc1ccncc1Cl)CCCC2. The molecule has 0 amide bonds. The summed E-state index contributed by atoms with van der Waals surface area (Å²) < 4.78 is 1.67. The number of likely N-dealkylation sites (tertiary alicyclic amines) is 1. The van der Waals surface area contributed by atoms with Gasteiger partial charge in [-0.15, -0.1) is 0 Å². The molecule has 1 fully saturated rings. The van der Waals surface area contributed by atoms with E-state index in [9.17, 15) is 4.79 Å². The van der Waals surface area contributed by atoms with Crippen LogP contribution in [0.2, 0.25) is 5.02 Å². The van der Waals surface area contributed by atoms with Crippen LogP contribution in [-0.2, 0) is 19.4 Å². The van der Waals surface area contributed by atoms with Gasteiger partial charge >= 0.3 is 0 Å². The minimum atomic E-state index is 0.0379. The van der Waals surface area contributed by atoms with Crippen molar-refractivity contribution in [2.24, 2.45) is 0 Å². The fraction of sp³-hybridized carbons (Fsp3) is 0.571. The summed E-state index contributed by atoms with van der Waals surface area (Å²) in [5, 5.41) is 8.78. The summed E-state index contributed by atoms with van der Waals surface area (Å²) in [6, 6.07) is 4.15. The zero-order valence-electron chi connectivity index (χ0n) is 16.2. The number of hydrogen-bond donors (Lipinski definition) is 1. The summed E-state index contributed by atoms with van der Waals surface area (Å²) in [5.41, 5.74) is 3.24. The smallest absolute Gasteiger partial charge is 0.267 e. The topological polar surface area (TPSA) is 63.1 Å². The molecule has 3 heterocycles. The monoisotopic (exact) mass is 401 g/mol. The molecule has 1 atom stereocenters. The molecule has 28 heavy (non-hydrogen) atoms. The van der Waals surface area contributed by atoms with Crippen molar-refractivity contribution in [1.29, 1.82) is 0 Å². The number of pyridine rings is 1. The van der Waals surface area contributed by atoms with Crippen molar-refractivity contribution < 1.29 is 0 Å². The summed E-state index contributed by atoms with van der Waals surface area (Å²) in [6.45, 7) is 3.41. The van der Waals surface area contributed by atoms with Crippen molar-refractivity contribution in [2.45, 2.75) is 57.5 Å². The fourth-order valence-corrected chi connectivity index (χ4v) is 4.50. The average Bonchev–Trinajstić information content (AvgIpc) is 2.72. The van der Waals surface area contributed by atoms with E-state index in [4.69, 9.17) is 11.6 Å². The second-order valence-electron chi connectivity index (χ2n) is 7.81. The number of nitrogens with zero attached hydrogens (tertiary/aromatic N) is 4. The highest BCUT2D eigenvalue weighted by molar-refractivity contribution is 6.33. The summed E-state index contributed by atoms with van der Waals surface area (Å²) in [6.07, 6.45) is 11.4. The van der Waals surface area contributed by atoms with E-state index < -0.39 is 0 Å². The van der Waals surface area contributed by atoms with Gasteiger partial charge < -0.3 is 5.32 Å². The second kappa shape index (κ2) is 9.05. The van der Waals surface area contributed by atoms with Gasteiger partial charge in [-0.3, -0.25) is 14.7 Å². The van der Waals surface area contributed by atoms with Crippen molar-refractivity contribution in [1.82, 2.24) is 19.7 Å². The van der Waals surface area contributed by atoms with Crippen LogP contribution in [0.3, 0.4) is 0 Å². The van der Waals surface area contributed by atoms with E-state index in [2.05, 4.69) is 20.3 Å². The number of aryl methyl sites for hydroxylation is 2. The Kier molecular flexibility index (Phi) is 6.27. The molecule has 1 N–H and O–H groups in total. The second-order valence-corrected chi connectivity index (χ2v) is 8.21. The maximum Gasteiger partial charge on any atom is 0.267 e. The van der Waals surface area contributed by atoms with Gasteiger partial charge in [0.15, 0.2) is 0 Å². The molecule has 1 aliphatic carbocycles. The van der Waals surface area contributed by atoms with Crippen molar-refractivity contribution >= 4 is 17.3 Å². The van der Waals surface area contributed by atoms with Crippen LogP contribution >= 0.6 is 11.6 Å². The quantitative estimate of drug-likeness (QED) is 0.805. The van der Waals surface area contributed by atoms with E-state index in [1.807, 2.05) is 12.1 Å². The number of piperidine rings is 1. The van der Waals surface area contributed by atoms with Gasteiger partial charge in [-0.2, -0.15) is 5.10 Å². The van der Waals surface area contributed by atoms with E-state index in [1.165, 1.54) is 25.7 Å². The lowest BCUT2D eigenvalue weighted by Crippen LogP contribution is -2.45. The third-order valence-electron chi connectivity index (χ3n) is 5.92. The molecule has 0 spiro atoms. The molecule has 0 aromatic carbocycles. The number of nitrogens with one attached hydrogen (secondary N) is 1. The summed E-state index contributed by atoms with van der Waals surface area (Å²) in [4.78, 5) is 19.0. The molecule has 0 saturated carbocycles. The third kappa shape index (κ3) is 4.55. The van der Waals surface area contributed by atoms with Crippen LogP contribution in [0.4, 0.5) is 5.69 Å². The molecule has 7 heteroatoms. The molecule has 1 unspecified atom stereocenters. The zero-order valence-corrected chi connectivity index (χ0v) is 17.0. The van der Waals surface area contributed by atoms with E-state index in [-0.39, 0.29) is 5.56 Å². The Labute approximate surface area is 170 Å². The first kappa shape index (κ1) is 19.4. The fourth-order valence-electron chi connectivity index (χ4n) is 4.32. The predicted molar refractivity (Wildman–Crippen MR) is 112 cm³/mol. The Morgan fingerprint density at radius 3 is 2.96 bits per heavy atom. The first-order valence-corrected chi connectivity index (χ1v) is 10.8. The predicted octanol–water partition coefficient (Wildman–Crippen LogP) is 3.14. The molecular weight excluding hydrogens is 374 g/mol. The number of fused-ring (bicyclic) bond motifs is 1. The van der Waals surface area contributed by atoms with Crippen molar-refractivity contribution in [3.8, 4) is 0 Å². The maximum atomic E-state index is 12.4. The Morgan fingerprint density at radius 1 is 1.18 bits per heavy atom. The highest BCUT2D eigenvalue weighted by Gasteiger charge is 2.23. The number of rotatable bonds is 6. The van der Waals surface area contributed by atoms with Crippen LogP contribution in [0.25, 0.3) is 0 Å². The van der Waals surface area contributed by atoms with Gasteiger partial charge in [0.2, 0.25) is 0 Å². The largest absolute Gasteiger partial charge is 0.382 e. The van der Waals surface area contributed by atoms with Gasteiger partial charge in [0.05, 0.1) is 22.9 Å². The van der Waals surface area contributed by atoms with E-state index in [0.29, 0.717) is 17.6 Å². The summed E-state index contributed by atoms with van der Waals surface area (Å²) >= 11 is 6.21. The van der Waals surface area contributed by atoms with E-state index in [1.54, 1.807) is 17.1 Å². The van der Waals surface area contributed by atoms with Crippen molar-refractivity contribution in [3.63, 3.8) is 0 Å². The minimum absolute atomic E-state index is 0.0379. The molecule has 1 aliphatic heterocycles. The lowest BCUT2D eigenvalue weighted by molar-refractivity contribution is 0.148. The van der Waals surface area contributed by atoms with Crippen LogP contribution in [0.1, 0.15) is 43.4 Å². The molecule has 2 aliphatic rings. The normalized spacial score (nSPS) is 20.0. The van der Waals surface area contributed by atoms with Crippen LogP contribution in [0, 0.1) is 0 Å². The standard InChI is InChI=1S/C21H28ClN5O/c22-18-15-23-9-8-20(18)24-14-17-6-3-4-10-26(17)11-12-27-21(28)13-16-5-1-2-7-19(16)25-27/h8-9,13,15,17H,1-7,10-12,14H2,(H,23,24). The number of hydrogen-bond acceptors (Lipinski definition) is 5. The molecule has 0 bridgehead atoms. The van der Waals surface area contributed by atoms with Gasteiger partial charge in [0.25, 0.3) is 5.56 Å². The highest BCUT2D eigenvalue weighted by Crippen LogP contribution is 2.22. The Bertz CT molecular complexity index is 868. The van der Waals surface area contributed by atoms with E-state index >= 15 is 0 Å². The van der Waals surface area contributed by atoms with Gasteiger partial charge in [-0.25, -0.2) is 4.68 Å². The molecular formula is C21H28ClN5O. The Hall–Kier alpha value is -1.92. The van der Waals surface area contributed by atoms with Crippen molar-refractivity contribution in [2.75, 3.05) is 25.0 Å². The Morgan fingerprint density at radius 2 is 2.07 bits per heavy atom. The molecule has 150 valence electrons. The van der Waals surface area contributed by atoms with Gasteiger partial charge in [0.1, 0.15) is 0 Å². The summed E-state index contributed by atoms with van der Waals surface area (Å²) in [7, 11) is 0. The summed E-state index contributed by atoms with van der Waals surface area (Å²) in [5.74, 6) is 0. The zero-order chi connectivity index (χ0) is 19.3. The van der Waals surface area contributed by atoms with Crippen LogP contribution in [0.5, 0.6) is 0 Å². The molecule has 4 rings (SSSR count). The molecule has 6 nitrogen and oxygen atoms in total. The van der Waals surface area contributed by atoms with E-state index in [0.717, 1.165) is 55.8 Å². The first-order chi connectivity index (χ1) is 13.7. The molecule has 1 saturated heterocycles. The van der Waals surface area contributed by atoms with Crippen LogP contribution in [-0.4, -0.2) is 45.3 Å². The minimum Gasteiger partial charge on any atom is -0.382 e. The number of halogens is 1. The number of aromatic nitrogens is 3. The van der Waals surface area contributed by atoms with Gasteiger partial charge in [0, 0.05) is 37.6 Å². The maximum absolute atomic E-state index is 12.4. The highest BCUT2D eigenvalue weighted by atomic mass is 35.5. The van der Waals surface area contributed by atoms with Crippen LogP contribution < -0.4 is 10.9 Å². The molecule has 0 radical (unpaired) electrons. The van der Waals surface area contributed by atoms with Gasteiger partial charge in [-0.1, -0.05) is 18.0 Å². The lowest BCUT2D eigenvalue weighted by atomic mass is 9.97. The lowest BCUT2D eigenvalue weighted by Gasteiger charge is -2.36. The van der Waals surface area contributed by atoms with Crippen LogP contribution in [0.15, 0.2) is 29.3 Å². The molecule has 2 aromatic heterocycles. The average molecular weight is 402 g/mol. The third-order valence-corrected chi connectivity index (χ3v) is 6.22. The molecule has 2 aromatic rings. The number of anilines is 1. The Balaban J connectivity index is 1.38. The van der Waals surface area contributed by atoms with Gasteiger partial charge in [-0.05, 0) is 56.7 Å².